The number of amides is 1. The van der Waals surface area contributed by atoms with Crippen LogP contribution in [0.4, 0.5) is 15.9 Å². The van der Waals surface area contributed by atoms with Gasteiger partial charge in [-0.2, -0.15) is 0 Å². The topological polar surface area (TPSA) is 68.0 Å². The van der Waals surface area contributed by atoms with Gasteiger partial charge in [0.2, 0.25) is 0 Å². The lowest BCUT2D eigenvalue weighted by Crippen LogP contribution is -2.13. The summed E-state index contributed by atoms with van der Waals surface area (Å²) in [4.78, 5) is 15.6. The average Bonchev–Trinajstić information content (AvgIpc) is 2.35. The molecule has 0 saturated carbocycles. The van der Waals surface area contributed by atoms with Crippen molar-refractivity contribution in [3.05, 3.63) is 53.5 Å². The van der Waals surface area contributed by atoms with E-state index in [1.807, 2.05) is 6.92 Å². The van der Waals surface area contributed by atoms with Crippen LogP contribution in [0.25, 0.3) is 0 Å². The Hall–Kier alpha value is -2.43. The van der Waals surface area contributed by atoms with Crippen LogP contribution in [-0.2, 0) is 0 Å². The normalized spacial score (nSPS) is 10.1. The Morgan fingerprint density at radius 2 is 2.11 bits per heavy atom. The molecule has 1 amide bonds. The van der Waals surface area contributed by atoms with E-state index in [1.54, 1.807) is 18.2 Å². The van der Waals surface area contributed by atoms with Crippen LogP contribution in [0.3, 0.4) is 0 Å². The Morgan fingerprint density at radius 1 is 1.33 bits per heavy atom. The fraction of sp³-hybridized carbons (Fsp3) is 0.0769. The molecule has 0 aliphatic carbocycles. The molecular formula is C13H12FN3O. The molecule has 0 fully saturated rings. The van der Waals surface area contributed by atoms with E-state index in [9.17, 15) is 9.18 Å². The number of halogens is 1. The summed E-state index contributed by atoms with van der Waals surface area (Å²) in [6, 6.07) is 7.62. The monoisotopic (exact) mass is 245 g/mol. The molecule has 18 heavy (non-hydrogen) atoms. The van der Waals surface area contributed by atoms with Gasteiger partial charge in [-0.05, 0) is 42.8 Å². The molecule has 4 nitrogen and oxygen atoms in total. The van der Waals surface area contributed by atoms with Crippen molar-refractivity contribution < 1.29 is 9.18 Å². The highest BCUT2D eigenvalue weighted by Gasteiger charge is 2.07. The summed E-state index contributed by atoms with van der Waals surface area (Å²) in [5, 5.41) is 2.57. The van der Waals surface area contributed by atoms with E-state index in [2.05, 4.69) is 10.3 Å². The van der Waals surface area contributed by atoms with Gasteiger partial charge < -0.3 is 11.1 Å². The maximum absolute atomic E-state index is 12.7. The number of hydrogen-bond donors (Lipinski definition) is 2. The molecule has 1 aromatic heterocycles. The largest absolute Gasteiger partial charge is 0.399 e. The number of anilines is 2. The number of aryl methyl sites for hydroxylation is 1. The quantitative estimate of drug-likeness (QED) is 0.798. The highest BCUT2D eigenvalue weighted by molar-refractivity contribution is 6.04. The fourth-order valence-electron chi connectivity index (χ4n) is 1.46. The van der Waals surface area contributed by atoms with Crippen molar-refractivity contribution in [1.82, 2.24) is 4.98 Å². The maximum atomic E-state index is 12.7. The van der Waals surface area contributed by atoms with Crippen LogP contribution in [0.2, 0.25) is 0 Å². The lowest BCUT2D eigenvalue weighted by atomic mass is 10.1. The molecule has 0 aliphatic heterocycles. The predicted molar refractivity (Wildman–Crippen MR) is 67.7 cm³/mol. The minimum absolute atomic E-state index is 0.302. The third kappa shape index (κ3) is 2.63. The van der Waals surface area contributed by atoms with Gasteiger partial charge in [-0.15, -0.1) is 0 Å². The molecule has 0 saturated heterocycles. The molecule has 0 atom stereocenters. The van der Waals surface area contributed by atoms with E-state index in [-0.39, 0.29) is 5.91 Å². The van der Waals surface area contributed by atoms with Gasteiger partial charge >= 0.3 is 0 Å². The van der Waals surface area contributed by atoms with Gasteiger partial charge in [0.15, 0.2) is 0 Å². The molecule has 2 rings (SSSR count). The molecule has 0 spiro atoms. The number of nitrogens with zero attached hydrogens (tertiary/aromatic N) is 1. The summed E-state index contributed by atoms with van der Waals surface area (Å²) in [6.45, 7) is 1.82. The smallest absolute Gasteiger partial charge is 0.256 e. The number of carbonyl (C=O) groups excluding carboxylic acids is 1. The highest BCUT2D eigenvalue weighted by atomic mass is 19.1. The van der Waals surface area contributed by atoms with Crippen LogP contribution in [-0.4, -0.2) is 10.9 Å². The Morgan fingerprint density at radius 3 is 2.72 bits per heavy atom. The summed E-state index contributed by atoms with van der Waals surface area (Å²) in [5.41, 5.74) is 7.61. The highest BCUT2D eigenvalue weighted by Crippen LogP contribution is 2.14. The summed E-state index contributed by atoms with van der Waals surface area (Å²) in [6.07, 6.45) is 1.05. The van der Waals surface area contributed by atoms with Gasteiger partial charge in [-0.3, -0.25) is 4.79 Å². The first-order valence-corrected chi connectivity index (χ1v) is 5.35. The first kappa shape index (κ1) is 12.0. The molecule has 1 heterocycles. The Bertz CT molecular complexity index is 581. The van der Waals surface area contributed by atoms with Gasteiger partial charge in [-0.25, -0.2) is 9.37 Å². The molecular weight excluding hydrogens is 233 g/mol. The van der Waals surface area contributed by atoms with Crippen LogP contribution in [0.1, 0.15) is 15.9 Å². The molecule has 2 aromatic rings. The first-order chi connectivity index (χ1) is 8.56. The second kappa shape index (κ2) is 4.83. The SMILES string of the molecule is Cc1cc(C(=O)Nc2ccc(F)cn2)ccc1N. The standard InChI is InChI=1S/C13H12FN3O/c1-8-6-9(2-4-11(8)15)13(18)17-12-5-3-10(14)7-16-12/h2-7H,15H2,1H3,(H,16,17,18). The second-order valence-electron chi connectivity index (χ2n) is 3.89. The lowest BCUT2D eigenvalue weighted by molar-refractivity contribution is 0.102. The van der Waals surface area contributed by atoms with E-state index < -0.39 is 5.82 Å². The summed E-state index contributed by atoms with van der Waals surface area (Å²) in [7, 11) is 0. The van der Waals surface area contributed by atoms with E-state index in [4.69, 9.17) is 5.73 Å². The van der Waals surface area contributed by atoms with Crippen molar-refractivity contribution in [3.8, 4) is 0 Å². The number of nitrogens with two attached hydrogens (primary N) is 1. The van der Waals surface area contributed by atoms with Crippen LogP contribution >= 0.6 is 0 Å². The number of rotatable bonds is 2. The van der Waals surface area contributed by atoms with Crippen LogP contribution < -0.4 is 11.1 Å². The van der Waals surface area contributed by atoms with E-state index in [0.717, 1.165) is 11.8 Å². The molecule has 0 aliphatic rings. The Balaban J connectivity index is 2.16. The number of benzene rings is 1. The van der Waals surface area contributed by atoms with Crippen LogP contribution in [0.15, 0.2) is 36.5 Å². The summed E-state index contributed by atoms with van der Waals surface area (Å²) < 4.78 is 12.7. The maximum Gasteiger partial charge on any atom is 0.256 e. The third-order valence-corrected chi connectivity index (χ3v) is 2.50. The van der Waals surface area contributed by atoms with E-state index in [1.165, 1.54) is 12.1 Å². The minimum Gasteiger partial charge on any atom is -0.399 e. The molecule has 92 valence electrons. The molecule has 3 N–H and O–H groups in total. The third-order valence-electron chi connectivity index (χ3n) is 2.50. The number of carbonyl (C=O) groups is 1. The molecule has 5 heteroatoms. The first-order valence-electron chi connectivity index (χ1n) is 5.35. The van der Waals surface area contributed by atoms with Gasteiger partial charge in [-0.1, -0.05) is 0 Å². The van der Waals surface area contributed by atoms with Crippen molar-refractivity contribution in [2.75, 3.05) is 11.1 Å². The van der Waals surface area contributed by atoms with E-state index >= 15 is 0 Å². The van der Waals surface area contributed by atoms with Crippen molar-refractivity contribution >= 4 is 17.4 Å². The number of nitrogens with one attached hydrogen (secondary N) is 1. The van der Waals surface area contributed by atoms with Crippen molar-refractivity contribution in [2.45, 2.75) is 6.92 Å². The predicted octanol–water partition coefficient (Wildman–Crippen LogP) is 2.36. The van der Waals surface area contributed by atoms with Gasteiger partial charge in [0.1, 0.15) is 11.6 Å². The fourth-order valence-corrected chi connectivity index (χ4v) is 1.46. The minimum atomic E-state index is -0.448. The van der Waals surface area contributed by atoms with Gasteiger partial charge in [0.25, 0.3) is 5.91 Å². The van der Waals surface area contributed by atoms with Crippen molar-refractivity contribution in [2.24, 2.45) is 0 Å². The number of hydrogen-bond acceptors (Lipinski definition) is 3. The molecule has 0 radical (unpaired) electrons. The average molecular weight is 245 g/mol. The van der Waals surface area contributed by atoms with Gasteiger partial charge in [0.05, 0.1) is 6.20 Å². The second-order valence-corrected chi connectivity index (χ2v) is 3.89. The molecule has 1 aromatic carbocycles. The molecule has 0 bridgehead atoms. The lowest BCUT2D eigenvalue weighted by Gasteiger charge is -2.06. The summed E-state index contributed by atoms with van der Waals surface area (Å²) in [5.74, 6) is -0.454. The van der Waals surface area contributed by atoms with Crippen LogP contribution in [0.5, 0.6) is 0 Å². The number of pyridine rings is 1. The van der Waals surface area contributed by atoms with Crippen molar-refractivity contribution in [1.29, 1.82) is 0 Å². The van der Waals surface area contributed by atoms with Crippen LogP contribution in [0, 0.1) is 12.7 Å². The summed E-state index contributed by atoms with van der Waals surface area (Å²) >= 11 is 0. The zero-order valence-electron chi connectivity index (χ0n) is 9.77. The van der Waals surface area contributed by atoms with Gasteiger partial charge in [0, 0.05) is 11.3 Å². The van der Waals surface area contributed by atoms with E-state index in [0.29, 0.717) is 17.1 Å². The Labute approximate surface area is 104 Å². The zero-order chi connectivity index (χ0) is 13.1. The number of aromatic nitrogens is 1. The number of nitrogen functional groups attached to an aromatic ring is 1. The Kier molecular flexibility index (Phi) is 3.23. The van der Waals surface area contributed by atoms with Crippen molar-refractivity contribution in [3.63, 3.8) is 0 Å². The zero-order valence-corrected chi connectivity index (χ0v) is 9.77. The molecule has 0 unspecified atom stereocenters.